The van der Waals surface area contributed by atoms with E-state index in [1.54, 1.807) is 36.4 Å². The first-order valence-corrected chi connectivity index (χ1v) is 6.37. The summed E-state index contributed by atoms with van der Waals surface area (Å²) in [5, 5.41) is 10.2. The highest BCUT2D eigenvalue weighted by Crippen LogP contribution is 2.58. The van der Waals surface area contributed by atoms with E-state index >= 15 is 0 Å². The molecule has 20 heavy (non-hydrogen) atoms. The van der Waals surface area contributed by atoms with Gasteiger partial charge in [0.25, 0.3) is 0 Å². The maximum Gasteiger partial charge on any atom is 0.422 e. The molecule has 2 atom stereocenters. The SMILES string of the molecule is O[C@@]1(C(F)(F)F)c2ccccc2[C@H]1Cc1ccccc1. The molecule has 3 rings (SSSR count). The number of hydrogen-bond donors (Lipinski definition) is 1. The van der Waals surface area contributed by atoms with Crippen LogP contribution in [0.15, 0.2) is 54.6 Å². The molecule has 0 aliphatic heterocycles. The van der Waals surface area contributed by atoms with Crippen LogP contribution in [0.5, 0.6) is 0 Å². The zero-order chi connectivity index (χ0) is 14.4. The molecule has 0 unspecified atom stereocenters. The van der Waals surface area contributed by atoms with Crippen LogP contribution in [0.3, 0.4) is 0 Å². The number of benzene rings is 2. The van der Waals surface area contributed by atoms with Crippen LogP contribution in [0.1, 0.15) is 22.6 Å². The lowest BCUT2D eigenvalue weighted by atomic mass is 9.61. The number of aliphatic hydroxyl groups is 1. The fourth-order valence-electron chi connectivity index (χ4n) is 2.94. The van der Waals surface area contributed by atoms with Crippen molar-refractivity contribution < 1.29 is 18.3 Å². The van der Waals surface area contributed by atoms with Gasteiger partial charge in [-0.2, -0.15) is 13.2 Å². The fraction of sp³-hybridized carbons (Fsp3) is 0.250. The van der Waals surface area contributed by atoms with Crippen LogP contribution < -0.4 is 0 Å². The third-order valence-corrected chi connectivity index (χ3v) is 3.97. The molecular formula is C16H13F3O. The Morgan fingerprint density at radius 3 is 2.20 bits per heavy atom. The summed E-state index contributed by atoms with van der Waals surface area (Å²) in [5.41, 5.74) is -1.39. The number of rotatable bonds is 2. The van der Waals surface area contributed by atoms with Gasteiger partial charge in [-0.3, -0.25) is 0 Å². The normalized spacial score (nSPS) is 24.9. The highest BCUT2D eigenvalue weighted by molar-refractivity contribution is 5.50. The maximum absolute atomic E-state index is 13.3. The molecule has 0 amide bonds. The van der Waals surface area contributed by atoms with E-state index in [0.717, 1.165) is 5.56 Å². The molecule has 0 spiro atoms. The van der Waals surface area contributed by atoms with Gasteiger partial charge in [-0.05, 0) is 23.1 Å². The molecule has 1 N–H and O–H groups in total. The zero-order valence-corrected chi connectivity index (χ0v) is 10.6. The molecule has 1 aliphatic carbocycles. The molecule has 0 radical (unpaired) electrons. The van der Waals surface area contributed by atoms with Crippen molar-refractivity contribution in [2.45, 2.75) is 24.1 Å². The van der Waals surface area contributed by atoms with Crippen LogP contribution >= 0.6 is 0 Å². The predicted octanol–water partition coefficient (Wildman–Crippen LogP) is 3.78. The van der Waals surface area contributed by atoms with Crippen LogP contribution in [0.25, 0.3) is 0 Å². The van der Waals surface area contributed by atoms with Crippen LogP contribution in [-0.2, 0) is 12.0 Å². The summed E-state index contributed by atoms with van der Waals surface area (Å²) >= 11 is 0. The maximum atomic E-state index is 13.3. The number of halogens is 3. The number of alkyl halides is 3. The summed E-state index contributed by atoms with van der Waals surface area (Å²) in [4.78, 5) is 0. The quantitative estimate of drug-likeness (QED) is 0.886. The second-order valence-electron chi connectivity index (χ2n) is 5.09. The van der Waals surface area contributed by atoms with Gasteiger partial charge in [-0.15, -0.1) is 0 Å². The lowest BCUT2D eigenvalue weighted by Gasteiger charge is -2.48. The number of fused-ring (bicyclic) bond motifs is 1. The Balaban J connectivity index is 2.02. The topological polar surface area (TPSA) is 20.2 Å². The largest absolute Gasteiger partial charge is 0.422 e. The molecular weight excluding hydrogens is 265 g/mol. The van der Waals surface area contributed by atoms with E-state index in [1.807, 2.05) is 6.07 Å². The van der Waals surface area contributed by atoms with Gasteiger partial charge < -0.3 is 5.11 Å². The lowest BCUT2D eigenvalue weighted by Crippen LogP contribution is -2.55. The molecule has 0 aromatic heterocycles. The monoisotopic (exact) mass is 278 g/mol. The van der Waals surface area contributed by atoms with Crippen LogP contribution in [0, 0.1) is 0 Å². The van der Waals surface area contributed by atoms with Gasteiger partial charge in [-0.25, -0.2) is 0 Å². The van der Waals surface area contributed by atoms with E-state index in [9.17, 15) is 18.3 Å². The molecule has 0 fully saturated rings. The molecule has 1 nitrogen and oxygen atoms in total. The van der Waals surface area contributed by atoms with Crippen molar-refractivity contribution >= 4 is 0 Å². The summed E-state index contributed by atoms with van der Waals surface area (Å²) < 4.78 is 39.8. The second kappa shape index (κ2) is 4.35. The Labute approximate surface area is 114 Å². The van der Waals surface area contributed by atoms with E-state index in [2.05, 4.69) is 0 Å². The molecule has 0 saturated heterocycles. The molecule has 2 aromatic rings. The van der Waals surface area contributed by atoms with Gasteiger partial charge in [0.05, 0.1) is 0 Å². The summed E-state index contributed by atoms with van der Waals surface area (Å²) in [7, 11) is 0. The lowest BCUT2D eigenvalue weighted by molar-refractivity contribution is -0.287. The van der Waals surface area contributed by atoms with E-state index in [-0.39, 0.29) is 12.0 Å². The van der Waals surface area contributed by atoms with Gasteiger partial charge in [0.15, 0.2) is 5.60 Å². The highest BCUT2D eigenvalue weighted by Gasteiger charge is 2.66. The Hall–Kier alpha value is -1.81. The minimum Gasteiger partial charge on any atom is -0.376 e. The molecule has 0 bridgehead atoms. The predicted molar refractivity (Wildman–Crippen MR) is 69.3 cm³/mol. The highest BCUT2D eigenvalue weighted by atomic mass is 19.4. The van der Waals surface area contributed by atoms with Gasteiger partial charge >= 0.3 is 6.18 Å². The minimum absolute atomic E-state index is 0.0200. The Kier molecular flexibility index (Phi) is 2.87. The van der Waals surface area contributed by atoms with E-state index in [1.165, 1.54) is 12.1 Å². The average molecular weight is 278 g/mol. The third-order valence-electron chi connectivity index (χ3n) is 3.97. The smallest absolute Gasteiger partial charge is 0.376 e. The van der Waals surface area contributed by atoms with Crippen molar-refractivity contribution in [1.29, 1.82) is 0 Å². The molecule has 0 heterocycles. The van der Waals surface area contributed by atoms with Crippen molar-refractivity contribution in [3.05, 3.63) is 71.3 Å². The molecule has 104 valence electrons. The summed E-state index contributed by atoms with van der Waals surface area (Å²) in [5.74, 6) is -0.943. The fourth-order valence-corrected chi connectivity index (χ4v) is 2.94. The van der Waals surface area contributed by atoms with Crippen molar-refractivity contribution in [1.82, 2.24) is 0 Å². The molecule has 0 saturated carbocycles. The first kappa shape index (κ1) is 13.2. The van der Waals surface area contributed by atoms with E-state index in [4.69, 9.17) is 0 Å². The third kappa shape index (κ3) is 1.75. The van der Waals surface area contributed by atoms with Gasteiger partial charge in [0.2, 0.25) is 0 Å². The Morgan fingerprint density at radius 1 is 0.950 bits per heavy atom. The van der Waals surface area contributed by atoms with Crippen LogP contribution in [0.4, 0.5) is 13.2 Å². The van der Waals surface area contributed by atoms with Gasteiger partial charge in [0.1, 0.15) is 0 Å². The molecule has 4 heteroatoms. The van der Waals surface area contributed by atoms with Gasteiger partial charge in [-0.1, -0.05) is 54.6 Å². The van der Waals surface area contributed by atoms with Crippen molar-refractivity contribution in [3.63, 3.8) is 0 Å². The van der Waals surface area contributed by atoms with Crippen molar-refractivity contribution in [2.24, 2.45) is 0 Å². The summed E-state index contributed by atoms with van der Waals surface area (Å²) in [6, 6.07) is 15.2. The van der Waals surface area contributed by atoms with E-state index < -0.39 is 17.7 Å². The van der Waals surface area contributed by atoms with Crippen molar-refractivity contribution in [3.8, 4) is 0 Å². The first-order valence-electron chi connectivity index (χ1n) is 6.37. The Morgan fingerprint density at radius 2 is 1.55 bits per heavy atom. The van der Waals surface area contributed by atoms with E-state index in [0.29, 0.717) is 5.56 Å². The van der Waals surface area contributed by atoms with Gasteiger partial charge in [0, 0.05) is 5.92 Å². The summed E-state index contributed by atoms with van der Waals surface area (Å²) in [6.07, 6.45) is -4.49. The summed E-state index contributed by atoms with van der Waals surface area (Å²) in [6.45, 7) is 0. The zero-order valence-electron chi connectivity index (χ0n) is 10.6. The minimum atomic E-state index is -4.67. The van der Waals surface area contributed by atoms with Crippen LogP contribution in [-0.4, -0.2) is 11.3 Å². The molecule has 2 aromatic carbocycles. The Bertz CT molecular complexity index is 621. The first-order chi connectivity index (χ1) is 9.44. The van der Waals surface area contributed by atoms with Crippen LogP contribution in [0.2, 0.25) is 0 Å². The number of hydrogen-bond acceptors (Lipinski definition) is 1. The molecule has 1 aliphatic rings. The second-order valence-corrected chi connectivity index (χ2v) is 5.09. The van der Waals surface area contributed by atoms with Crippen molar-refractivity contribution in [2.75, 3.05) is 0 Å². The average Bonchev–Trinajstić information content (AvgIpc) is 2.44. The standard InChI is InChI=1S/C16H13F3O/c17-16(18,19)15(20)13-9-5-4-8-12(13)14(15)10-11-6-2-1-3-7-11/h1-9,14,20H,10H2/t14-,15+/m1/s1.